The Morgan fingerprint density at radius 3 is 2.35 bits per heavy atom. The van der Waals surface area contributed by atoms with Gasteiger partial charge in [0.05, 0.1) is 22.3 Å². The van der Waals surface area contributed by atoms with Crippen molar-refractivity contribution in [3.63, 3.8) is 0 Å². The van der Waals surface area contributed by atoms with E-state index in [4.69, 9.17) is 14.2 Å². The molecule has 0 saturated carbocycles. The van der Waals surface area contributed by atoms with Gasteiger partial charge in [0.15, 0.2) is 6.04 Å². The van der Waals surface area contributed by atoms with Gasteiger partial charge in [0, 0.05) is 13.8 Å². The largest absolute Gasteiger partial charge is 0.465 e. The Hall–Kier alpha value is -1.41. The third-order valence-electron chi connectivity index (χ3n) is 2.93. The number of rotatable bonds is 5. The van der Waals surface area contributed by atoms with Crippen molar-refractivity contribution in [3.05, 3.63) is 11.3 Å². The standard InChI is InChI=1S/C15H25NO6S/c1-8-20-13(18)11(16-23(19)14(3,4)5)10-9(2)21-15(6,7)22-12(10)17/h11,16H,8H2,1-7H3/t11-,23-/m0/s1. The molecule has 0 aromatic heterocycles. The lowest BCUT2D eigenvalue weighted by molar-refractivity contribution is -0.208. The molecule has 0 amide bonds. The highest BCUT2D eigenvalue weighted by atomic mass is 32.2. The Balaban J connectivity index is 3.22. The maximum atomic E-state index is 12.3. The van der Waals surface area contributed by atoms with Crippen molar-refractivity contribution in [1.29, 1.82) is 0 Å². The summed E-state index contributed by atoms with van der Waals surface area (Å²) in [4.78, 5) is 24.5. The normalized spacial score (nSPS) is 20.4. The van der Waals surface area contributed by atoms with Gasteiger partial charge in [-0.25, -0.2) is 18.5 Å². The van der Waals surface area contributed by atoms with Gasteiger partial charge in [0.1, 0.15) is 11.3 Å². The summed E-state index contributed by atoms with van der Waals surface area (Å²) in [7, 11) is -1.59. The van der Waals surface area contributed by atoms with Crippen LogP contribution in [0.1, 0.15) is 48.5 Å². The van der Waals surface area contributed by atoms with Crippen LogP contribution in [0.4, 0.5) is 0 Å². The molecule has 0 aliphatic carbocycles. The second-order valence-corrected chi connectivity index (χ2v) is 8.54. The zero-order valence-electron chi connectivity index (χ0n) is 14.6. The van der Waals surface area contributed by atoms with Crippen molar-refractivity contribution in [2.45, 2.75) is 65.0 Å². The van der Waals surface area contributed by atoms with Crippen LogP contribution < -0.4 is 4.72 Å². The third kappa shape index (κ3) is 5.04. The average molecular weight is 347 g/mol. The van der Waals surface area contributed by atoms with Crippen LogP contribution in [0.15, 0.2) is 11.3 Å². The highest BCUT2D eigenvalue weighted by molar-refractivity contribution is 7.84. The fraction of sp³-hybridized carbons (Fsp3) is 0.733. The molecule has 0 aromatic carbocycles. The molecule has 0 saturated heterocycles. The van der Waals surface area contributed by atoms with Crippen LogP contribution in [-0.4, -0.2) is 39.3 Å². The molecule has 1 rings (SSSR count). The number of allylic oxidation sites excluding steroid dienone is 1. The molecule has 1 N–H and O–H groups in total. The number of cyclic esters (lactones) is 1. The van der Waals surface area contributed by atoms with E-state index in [2.05, 4.69) is 4.72 Å². The Morgan fingerprint density at radius 2 is 1.91 bits per heavy atom. The van der Waals surface area contributed by atoms with Gasteiger partial charge in [-0.05, 0) is 34.6 Å². The first-order valence-electron chi connectivity index (χ1n) is 7.37. The van der Waals surface area contributed by atoms with Crippen LogP contribution in [0, 0.1) is 0 Å². The first kappa shape index (κ1) is 19.6. The maximum absolute atomic E-state index is 12.3. The van der Waals surface area contributed by atoms with E-state index in [0.717, 1.165) is 0 Å². The molecule has 8 heteroatoms. The van der Waals surface area contributed by atoms with E-state index < -0.39 is 39.5 Å². The summed E-state index contributed by atoms with van der Waals surface area (Å²) in [5.41, 5.74) is -0.0274. The van der Waals surface area contributed by atoms with E-state index >= 15 is 0 Å². The molecule has 132 valence electrons. The molecule has 0 radical (unpaired) electrons. The number of nitrogens with one attached hydrogen (secondary N) is 1. The molecule has 23 heavy (non-hydrogen) atoms. The maximum Gasteiger partial charge on any atom is 0.342 e. The molecule has 7 nitrogen and oxygen atoms in total. The van der Waals surface area contributed by atoms with Crippen LogP contribution in [0.2, 0.25) is 0 Å². The van der Waals surface area contributed by atoms with Crippen molar-refractivity contribution in [2.24, 2.45) is 0 Å². The van der Waals surface area contributed by atoms with Crippen molar-refractivity contribution in [2.75, 3.05) is 6.61 Å². The van der Waals surface area contributed by atoms with E-state index in [-0.39, 0.29) is 17.9 Å². The van der Waals surface area contributed by atoms with Gasteiger partial charge >= 0.3 is 11.9 Å². The van der Waals surface area contributed by atoms with Gasteiger partial charge in [0.2, 0.25) is 5.79 Å². The highest BCUT2D eigenvalue weighted by Gasteiger charge is 2.42. The minimum absolute atomic E-state index is 0.0274. The minimum atomic E-state index is -1.59. The minimum Gasteiger partial charge on any atom is -0.465 e. The lowest BCUT2D eigenvalue weighted by Crippen LogP contribution is -2.50. The molecule has 0 fully saturated rings. The Kier molecular flexibility index (Phi) is 5.98. The van der Waals surface area contributed by atoms with Crippen molar-refractivity contribution in [3.8, 4) is 0 Å². The molecule has 0 spiro atoms. The van der Waals surface area contributed by atoms with Gasteiger partial charge in [-0.3, -0.25) is 0 Å². The summed E-state index contributed by atoms with van der Waals surface area (Å²) in [6.45, 7) is 11.8. The SMILES string of the molecule is CCOC(=O)[C@@H](N[S@@](=O)C(C)(C)C)C1=C(C)OC(C)(C)OC1=O. The Bertz CT molecular complexity index is 547. The number of hydrogen-bond donors (Lipinski definition) is 1. The molecule has 2 atom stereocenters. The van der Waals surface area contributed by atoms with Crippen molar-refractivity contribution >= 4 is 22.9 Å². The topological polar surface area (TPSA) is 90.9 Å². The monoisotopic (exact) mass is 347 g/mol. The summed E-state index contributed by atoms with van der Waals surface area (Å²) in [6.07, 6.45) is 0. The van der Waals surface area contributed by atoms with E-state index in [9.17, 15) is 13.8 Å². The van der Waals surface area contributed by atoms with Crippen LogP contribution in [0.5, 0.6) is 0 Å². The molecular formula is C15H25NO6S. The Morgan fingerprint density at radius 1 is 1.35 bits per heavy atom. The van der Waals surface area contributed by atoms with Crippen LogP contribution in [0.3, 0.4) is 0 Å². The van der Waals surface area contributed by atoms with Gasteiger partial charge in [-0.1, -0.05) is 0 Å². The number of hydrogen-bond acceptors (Lipinski definition) is 6. The number of carbonyl (C=O) groups is 2. The molecule has 1 aliphatic heterocycles. The smallest absolute Gasteiger partial charge is 0.342 e. The number of carbonyl (C=O) groups excluding carboxylic acids is 2. The first-order valence-corrected chi connectivity index (χ1v) is 8.52. The predicted octanol–water partition coefficient (Wildman–Crippen LogP) is 1.55. The third-order valence-corrected chi connectivity index (χ3v) is 4.49. The molecule has 0 bridgehead atoms. The predicted molar refractivity (Wildman–Crippen MR) is 85.4 cm³/mol. The van der Waals surface area contributed by atoms with Crippen LogP contribution >= 0.6 is 0 Å². The van der Waals surface area contributed by atoms with Gasteiger partial charge < -0.3 is 14.2 Å². The number of ether oxygens (including phenoxy) is 3. The van der Waals surface area contributed by atoms with E-state index in [0.29, 0.717) is 0 Å². The zero-order valence-corrected chi connectivity index (χ0v) is 15.5. The molecule has 0 unspecified atom stereocenters. The Labute approximate surface area is 139 Å². The quantitative estimate of drug-likeness (QED) is 0.759. The van der Waals surface area contributed by atoms with Gasteiger partial charge in [-0.15, -0.1) is 0 Å². The first-order chi connectivity index (χ1) is 10.4. The zero-order chi connectivity index (χ0) is 18.0. The second-order valence-electron chi connectivity index (χ2n) is 6.55. The van der Waals surface area contributed by atoms with Crippen molar-refractivity contribution in [1.82, 2.24) is 4.72 Å². The highest BCUT2D eigenvalue weighted by Crippen LogP contribution is 2.29. The second kappa shape index (κ2) is 7.00. The summed E-state index contributed by atoms with van der Waals surface area (Å²) in [6, 6.07) is -1.22. The number of esters is 2. The molecule has 0 aromatic rings. The van der Waals surface area contributed by atoms with E-state index in [1.165, 1.54) is 0 Å². The fourth-order valence-corrected chi connectivity index (χ4v) is 2.70. The lowest BCUT2D eigenvalue weighted by Gasteiger charge is -2.34. The van der Waals surface area contributed by atoms with Crippen LogP contribution in [0.25, 0.3) is 0 Å². The lowest BCUT2D eigenvalue weighted by atomic mass is 10.1. The molecule has 1 aliphatic rings. The average Bonchev–Trinajstić information content (AvgIpc) is 2.33. The van der Waals surface area contributed by atoms with Gasteiger partial charge in [-0.2, -0.15) is 0 Å². The summed E-state index contributed by atoms with van der Waals surface area (Å²) in [5.74, 6) is -2.29. The van der Waals surface area contributed by atoms with E-state index in [1.807, 2.05) is 0 Å². The van der Waals surface area contributed by atoms with Crippen LogP contribution in [-0.2, 0) is 34.8 Å². The fourth-order valence-electron chi connectivity index (χ4n) is 1.92. The summed E-state index contributed by atoms with van der Waals surface area (Å²) >= 11 is 0. The van der Waals surface area contributed by atoms with Crippen molar-refractivity contribution < 1.29 is 28.0 Å². The summed E-state index contributed by atoms with van der Waals surface area (Å²) in [5, 5.41) is 0. The van der Waals surface area contributed by atoms with E-state index in [1.54, 1.807) is 48.5 Å². The molecule has 1 heterocycles. The molecular weight excluding hydrogens is 322 g/mol. The summed E-state index contributed by atoms with van der Waals surface area (Å²) < 4.78 is 30.1. The van der Waals surface area contributed by atoms with Gasteiger partial charge in [0.25, 0.3) is 0 Å².